The summed E-state index contributed by atoms with van der Waals surface area (Å²) in [7, 11) is 0. The highest BCUT2D eigenvalue weighted by Gasteiger charge is 2.11. The lowest BCUT2D eigenvalue weighted by molar-refractivity contribution is 0.294. The molecule has 0 aliphatic carbocycles. The molecule has 0 radical (unpaired) electrons. The Bertz CT molecular complexity index is 617. The van der Waals surface area contributed by atoms with Crippen LogP contribution in [0, 0.1) is 11.6 Å². The Morgan fingerprint density at radius 1 is 1.20 bits per heavy atom. The highest BCUT2D eigenvalue weighted by molar-refractivity contribution is 9.10. The minimum absolute atomic E-state index is 0.0522. The summed E-state index contributed by atoms with van der Waals surface area (Å²) in [5.74, 6) is -0.267. The fourth-order valence-corrected chi connectivity index (χ4v) is 2.22. The summed E-state index contributed by atoms with van der Waals surface area (Å²) in [4.78, 5) is 0. The predicted molar refractivity (Wildman–Crippen MR) is 77.4 cm³/mol. The van der Waals surface area contributed by atoms with Crippen molar-refractivity contribution in [2.75, 3.05) is 0 Å². The van der Waals surface area contributed by atoms with Crippen LogP contribution in [-0.4, -0.2) is 0 Å². The van der Waals surface area contributed by atoms with Crippen molar-refractivity contribution in [1.29, 1.82) is 0 Å². The van der Waals surface area contributed by atoms with Crippen LogP contribution in [0.15, 0.2) is 40.9 Å². The largest absolute Gasteiger partial charge is 0.488 e. The zero-order chi connectivity index (χ0) is 14.7. The van der Waals surface area contributed by atoms with E-state index in [9.17, 15) is 8.78 Å². The lowest BCUT2D eigenvalue weighted by Gasteiger charge is -2.14. The predicted octanol–water partition coefficient (Wildman–Crippen LogP) is 4.33. The average Bonchev–Trinajstić information content (AvgIpc) is 2.40. The third-order valence-electron chi connectivity index (χ3n) is 2.85. The first-order chi connectivity index (χ1) is 9.47. The van der Waals surface area contributed by atoms with Gasteiger partial charge >= 0.3 is 0 Å². The highest BCUT2D eigenvalue weighted by atomic mass is 79.9. The van der Waals surface area contributed by atoms with Crippen LogP contribution in [0.3, 0.4) is 0 Å². The number of ether oxygens (including phenoxy) is 1. The summed E-state index contributed by atoms with van der Waals surface area (Å²) in [5.41, 5.74) is 6.75. The van der Waals surface area contributed by atoms with Crippen molar-refractivity contribution in [3.63, 3.8) is 0 Å². The van der Waals surface area contributed by atoms with Gasteiger partial charge in [0.15, 0.2) is 0 Å². The molecule has 106 valence electrons. The molecule has 2 nitrogen and oxygen atoms in total. The molecule has 0 aliphatic rings. The maximum absolute atomic E-state index is 13.6. The van der Waals surface area contributed by atoms with E-state index in [1.54, 1.807) is 19.1 Å². The number of hydrogen-bond acceptors (Lipinski definition) is 2. The summed E-state index contributed by atoms with van der Waals surface area (Å²) in [6.45, 7) is 1.79. The third kappa shape index (κ3) is 3.55. The van der Waals surface area contributed by atoms with Crippen LogP contribution in [0.1, 0.15) is 24.1 Å². The molecule has 0 spiro atoms. The Hall–Kier alpha value is -1.46. The molecule has 0 heterocycles. The van der Waals surface area contributed by atoms with Crippen molar-refractivity contribution in [3.05, 3.63) is 63.6 Å². The average molecular weight is 342 g/mol. The Labute approximate surface area is 124 Å². The zero-order valence-corrected chi connectivity index (χ0v) is 12.5. The molecule has 2 aromatic carbocycles. The maximum Gasteiger partial charge on any atom is 0.129 e. The molecule has 20 heavy (non-hydrogen) atoms. The van der Waals surface area contributed by atoms with Gasteiger partial charge < -0.3 is 10.5 Å². The van der Waals surface area contributed by atoms with Gasteiger partial charge in [0.05, 0.1) is 0 Å². The minimum atomic E-state index is -0.377. The first-order valence-corrected chi connectivity index (χ1v) is 6.88. The van der Waals surface area contributed by atoms with Gasteiger partial charge in [0, 0.05) is 21.6 Å². The standard InChI is InChI=1S/C15H14BrF2NO/c1-9(19)13-7-12(17)3-5-15(13)20-8-10-6-11(16)2-4-14(10)18/h2-7,9H,8,19H2,1H3. The molecule has 0 bridgehead atoms. The summed E-state index contributed by atoms with van der Waals surface area (Å²) in [6.07, 6.45) is 0. The molecule has 2 N–H and O–H groups in total. The van der Waals surface area contributed by atoms with Gasteiger partial charge in [-0.2, -0.15) is 0 Å². The van der Waals surface area contributed by atoms with E-state index >= 15 is 0 Å². The first kappa shape index (κ1) is 14.9. The van der Waals surface area contributed by atoms with Crippen LogP contribution in [0.2, 0.25) is 0 Å². The molecule has 0 aromatic heterocycles. The van der Waals surface area contributed by atoms with Crippen LogP contribution in [0.4, 0.5) is 8.78 Å². The van der Waals surface area contributed by atoms with Crippen molar-refractivity contribution in [3.8, 4) is 5.75 Å². The van der Waals surface area contributed by atoms with Crippen molar-refractivity contribution in [2.45, 2.75) is 19.6 Å². The Kier molecular flexibility index (Phi) is 4.73. The van der Waals surface area contributed by atoms with Crippen LogP contribution in [0.5, 0.6) is 5.75 Å². The second kappa shape index (κ2) is 6.33. The molecule has 1 unspecified atom stereocenters. The molecule has 0 saturated heterocycles. The molecule has 2 aromatic rings. The van der Waals surface area contributed by atoms with Crippen LogP contribution < -0.4 is 10.5 Å². The van der Waals surface area contributed by atoms with Gasteiger partial charge in [-0.05, 0) is 43.3 Å². The quantitative estimate of drug-likeness (QED) is 0.898. The summed E-state index contributed by atoms with van der Waals surface area (Å²) < 4.78 is 33.2. The first-order valence-electron chi connectivity index (χ1n) is 6.09. The van der Waals surface area contributed by atoms with E-state index in [0.29, 0.717) is 16.9 Å². The maximum atomic E-state index is 13.6. The lowest BCUT2D eigenvalue weighted by atomic mass is 10.1. The number of halogens is 3. The SMILES string of the molecule is CC(N)c1cc(F)ccc1OCc1cc(Br)ccc1F. The van der Waals surface area contributed by atoms with Crippen LogP contribution in [0.25, 0.3) is 0 Å². The number of nitrogens with two attached hydrogens (primary N) is 1. The molecular weight excluding hydrogens is 328 g/mol. The summed E-state index contributed by atoms with van der Waals surface area (Å²) >= 11 is 3.28. The molecule has 1 atom stereocenters. The van der Waals surface area contributed by atoms with Gasteiger partial charge in [-0.15, -0.1) is 0 Å². The molecule has 0 aliphatic heterocycles. The van der Waals surface area contributed by atoms with Gasteiger partial charge in [-0.1, -0.05) is 15.9 Å². The molecular formula is C15H14BrF2NO. The third-order valence-corrected chi connectivity index (χ3v) is 3.35. The fourth-order valence-electron chi connectivity index (χ4n) is 1.82. The monoisotopic (exact) mass is 341 g/mol. The van der Waals surface area contributed by atoms with Gasteiger partial charge in [0.25, 0.3) is 0 Å². The van der Waals surface area contributed by atoms with Crippen molar-refractivity contribution >= 4 is 15.9 Å². The smallest absolute Gasteiger partial charge is 0.129 e. The van der Waals surface area contributed by atoms with E-state index < -0.39 is 0 Å². The van der Waals surface area contributed by atoms with E-state index in [4.69, 9.17) is 10.5 Å². The highest BCUT2D eigenvalue weighted by Crippen LogP contribution is 2.26. The van der Waals surface area contributed by atoms with E-state index in [0.717, 1.165) is 4.47 Å². The van der Waals surface area contributed by atoms with Gasteiger partial charge in [0.2, 0.25) is 0 Å². The second-order valence-electron chi connectivity index (χ2n) is 4.50. The molecule has 5 heteroatoms. The van der Waals surface area contributed by atoms with Gasteiger partial charge in [-0.25, -0.2) is 8.78 Å². The number of rotatable bonds is 4. The van der Waals surface area contributed by atoms with Crippen molar-refractivity contribution in [2.24, 2.45) is 5.73 Å². The molecule has 0 saturated carbocycles. The molecule has 0 amide bonds. The topological polar surface area (TPSA) is 35.2 Å². The molecule has 2 rings (SSSR count). The van der Waals surface area contributed by atoms with E-state index in [1.807, 2.05) is 0 Å². The molecule has 0 fully saturated rings. The number of hydrogen-bond donors (Lipinski definition) is 1. The Morgan fingerprint density at radius 3 is 2.65 bits per heavy atom. The van der Waals surface area contributed by atoms with E-state index in [1.165, 1.54) is 24.3 Å². The minimum Gasteiger partial charge on any atom is -0.488 e. The number of benzene rings is 2. The summed E-state index contributed by atoms with van der Waals surface area (Å²) in [6, 6.07) is 8.38. The second-order valence-corrected chi connectivity index (χ2v) is 5.41. The van der Waals surface area contributed by atoms with Gasteiger partial charge in [0.1, 0.15) is 24.0 Å². The lowest BCUT2D eigenvalue weighted by Crippen LogP contribution is -2.09. The van der Waals surface area contributed by atoms with E-state index in [-0.39, 0.29) is 24.3 Å². The van der Waals surface area contributed by atoms with Crippen molar-refractivity contribution < 1.29 is 13.5 Å². The Balaban J connectivity index is 2.20. The normalized spacial score (nSPS) is 12.2. The van der Waals surface area contributed by atoms with E-state index in [2.05, 4.69) is 15.9 Å². The van der Waals surface area contributed by atoms with Crippen LogP contribution in [-0.2, 0) is 6.61 Å². The van der Waals surface area contributed by atoms with Crippen molar-refractivity contribution in [1.82, 2.24) is 0 Å². The zero-order valence-electron chi connectivity index (χ0n) is 10.9. The Morgan fingerprint density at radius 2 is 1.95 bits per heavy atom. The fraction of sp³-hybridized carbons (Fsp3) is 0.200. The van der Waals surface area contributed by atoms with Gasteiger partial charge in [-0.3, -0.25) is 0 Å². The van der Waals surface area contributed by atoms with Crippen LogP contribution >= 0.6 is 15.9 Å². The summed E-state index contributed by atoms with van der Waals surface area (Å²) in [5, 5.41) is 0.